The summed E-state index contributed by atoms with van der Waals surface area (Å²) in [6.45, 7) is 18.2. The molecule has 14 nitrogen and oxygen atoms in total. The maximum Gasteiger partial charge on any atom is 0.311 e. The standard InChI is InChI=1S/C40H72N2O12/c1-15-17-41(12)28-18-23(4)50-37(31(28)43)54-35-24(5)32(53-30-20-39(10,49-14)34(45)27(8)51-30)25(6)36(46)52-29(16-2)40(11,48)33(44)26(7)42(13)21-22(3)19-38(35,9)47/h1,22-35,37,43-45,47-48H,16-21H2,2-14H3/t22-,23-,24+,25-,26-,27+,28+,29-,30+,31-,32+,33-,34+,35-,37+,38-,39-,40-/m1/s1. The highest BCUT2D eigenvalue weighted by molar-refractivity contribution is 5.73. The van der Waals surface area contributed by atoms with Gasteiger partial charge in [0.05, 0.1) is 48.1 Å². The van der Waals surface area contributed by atoms with E-state index in [2.05, 4.69) is 5.92 Å². The number of carbonyl (C=O) groups excluding carboxylic acids is 1. The Labute approximate surface area is 323 Å². The lowest BCUT2D eigenvalue weighted by Crippen LogP contribution is -2.60. The monoisotopic (exact) mass is 773 g/mol. The Balaban J connectivity index is 2.18. The summed E-state index contributed by atoms with van der Waals surface area (Å²) in [5.41, 5.74) is -4.44. The number of hydrogen-bond donors (Lipinski definition) is 5. The van der Waals surface area contributed by atoms with Crippen LogP contribution in [0.25, 0.3) is 0 Å². The fourth-order valence-corrected chi connectivity index (χ4v) is 8.92. The van der Waals surface area contributed by atoms with Crippen molar-refractivity contribution in [3.63, 3.8) is 0 Å². The normalized spacial score (nSPS) is 48.0. The molecule has 3 heterocycles. The van der Waals surface area contributed by atoms with E-state index in [-0.39, 0.29) is 31.3 Å². The first-order valence-corrected chi connectivity index (χ1v) is 19.7. The molecule has 54 heavy (non-hydrogen) atoms. The molecule has 3 saturated heterocycles. The van der Waals surface area contributed by atoms with Crippen LogP contribution < -0.4 is 0 Å². The second-order valence-electron chi connectivity index (χ2n) is 17.3. The second-order valence-corrected chi connectivity index (χ2v) is 17.3. The predicted molar refractivity (Wildman–Crippen MR) is 202 cm³/mol. The molecule has 0 unspecified atom stereocenters. The highest BCUT2D eigenvalue weighted by atomic mass is 16.7. The minimum atomic E-state index is -1.81. The maximum atomic E-state index is 14.2. The van der Waals surface area contributed by atoms with Crippen LogP contribution in [0.5, 0.6) is 0 Å². The minimum Gasteiger partial charge on any atom is -0.459 e. The molecule has 0 amide bonds. The van der Waals surface area contributed by atoms with Crippen LogP contribution in [-0.2, 0) is 33.2 Å². The number of nitrogens with zero attached hydrogens (tertiary/aromatic N) is 2. The van der Waals surface area contributed by atoms with Gasteiger partial charge in [-0.1, -0.05) is 26.7 Å². The Hall–Kier alpha value is -1.45. The van der Waals surface area contributed by atoms with Crippen LogP contribution in [-0.4, -0.2) is 166 Å². The van der Waals surface area contributed by atoms with Gasteiger partial charge >= 0.3 is 5.97 Å². The number of hydrogen-bond acceptors (Lipinski definition) is 14. The minimum absolute atomic E-state index is 0.118. The predicted octanol–water partition coefficient (Wildman–Crippen LogP) is 1.90. The summed E-state index contributed by atoms with van der Waals surface area (Å²) < 4.78 is 37.6. The van der Waals surface area contributed by atoms with Crippen molar-refractivity contribution in [1.29, 1.82) is 0 Å². The molecule has 0 aromatic rings. The van der Waals surface area contributed by atoms with Gasteiger partial charge in [-0.15, -0.1) is 6.42 Å². The van der Waals surface area contributed by atoms with Crippen molar-refractivity contribution in [2.45, 2.75) is 185 Å². The first-order valence-electron chi connectivity index (χ1n) is 19.7. The van der Waals surface area contributed by atoms with Crippen LogP contribution in [0.3, 0.4) is 0 Å². The van der Waals surface area contributed by atoms with Gasteiger partial charge in [0.2, 0.25) is 0 Å². The summed E-state index contributed by atoms with van der Waals surface area (Å²) in [6, 6.07) is -0.947. The van der Waals surface area contributed by atoms with Crippen molar-refractivity contribution in [3.8, 4) is 12.3 Å². The van der Waals surface area contributed by atoms with Gasteiger partial charge in [0, 0.05) is 38.1 Å². The summed E-state index contributed by atoms with van der Waals surface area (Å²) in [6.07, 6.45) is -3.07. The van der Waals surface area contributed by atoms with E-state index in [0.717, 1.165) is 0 Å². The molecule has 3 aliphatic rings. The van der Waals surface area contributed by atoms with E-state index in [1.807, 2.05) is 37.7 Å². The lowest BCUT2D eigenvalue weighted by molar-refractivity contribution is -0.318. The number of methoxy groups -OCH3 is 1. The van der Waals surface area contributed by atoms with Crippen molar-refractivity contribution in [2.75, 3.05) is 34.3 Å². The van der Waals surface area contributed by atoms with Crippen LogP contribution in [0.2, 0.25) is 0 Å². The number of aliphatic hydroxyl groups is 5. The SMILES string of the molecule is C#CCN(C)[C@H]1C[C@@H](C)O[C@@H](O[C@@H]2[C@@H](C)[C@H](O[C@H]3C[C@@](C)(OC)[C@@H](O)[C@H](C)O3)[C@@H](C)C(=O)O[C@H](CC)[C@@](C)(O)[C@H](O)[C@@H](C)N(C)C[C@H](C)C[C@@]2(C)O)[C@@H]1O. The molecule has 0 aliphatic carbocycles. The molecule has 314 valence electrons. The Morgan fingerprint density at radius 2 is 1.63 bits per heavy atom. The van der Waals surface area contributed by atoms with Crippen molar-refractivity contribution >= 4 is 5.97 Å². The average molecular weight is 773 g/mol. The lowest BCUT2D eigenvalue weighted by atomic mass is 9.77. The van der Waals surface area contributed by atoms with E-state index >= 15 is 0 Å². The topological polar surface area (TPSA) is 180 Å². The quantitative estimate of drug-likeness (QED) is 0.178. The molecule has 5 N–H and O–H groups in total. The molecule has 14 heteroatoms. The second kappa shape index (κ2) is 18.9. The van der Waals surface area contributed by atoms with Gasteiger partial charge in [0.15, 0.2) is 12.6 Å². The highest BCUT2D eigenvalue weighted by Crippen LogP contribution is 2.40. The fraction of sp³-hybridized carbons (Fsp3) is 0.925. The zero-order valence-electron chi connectivity index (χ0n) is 35.0. The summed E-state index contributed by atoms with van der Waals surface area (Å²) in [5, 5.41) is 58.4. The number of cyclic esters (lactones) is 1. The maximum absolute atomic E-state index is 14.2. The van der Waals surface area contributed by atoms with Crippen molar-refractivity contribution < 1.29 is 58.7 Å². The summed E-state index contributed by atoms with van der Waals surface area (Å²) in [4.78, 5) is 18.0. The molecule has 3 aliphatic heterocycles. The molecular formula is C40H72N2O12. The van der Waals surface area contributed by atoms with E-state index in [1.165, 1.54) is 14.0 Å². The summed E-state index contributed by atoms with van der Waals surface area (Å²) in [5.74, 6) is -0.0527. The number of rotatable bonds is 8. The smallest absolute Gasteiger partial charge is 0.311 e. The van der Waals surface area contributed by atoms with Crippen LogP contribution in [0.15, 0.2) is 0 Å². The van der Waals surface area contributed by atoms with Crippen molar-refractivity contribution in [3.05, 3.63) is 0 Å². The first kappa shape index (κ1) is 46.9. The van der Waals surface area contributed by atoms with E-state index < -0.39 is 102 Å². The number of esters is 1. The average Bonchev–Trinajstić information content (AvgIpc) is 3.09. The van der Waals surface area contributed by atoms with Crippen LogP contribution in [0.1, 0.15) is 94.9 Å². The third kappa shape index (κ3) is 10.5. The fourth-order valence-electron chi connectivity index (χ4n) is 8.92. The number of likely N-dealkylation sites (N-methyl/N-ethyl adjacent to an activating group) is 2. The van der Waals surface area contributed by atoms with Gasteiger partial charge in [-0.2, -0.15) is 0 Å². The largest absolute Gasteiger partial charge is 0.459 e. The van der Waals surface area contributed by atoms with Gasteiger partial charge in [-0.25, -0.2) is 0 Å². The molecule has 3 fully saturated rings. The third-order valence-corrected chi connectivity index (χ3v) is 12.5. The Bertz CT molecular complexity index is 1250. The molecule has 0 aromatic heterocycles. The summed E-state index contributed by atoms with van der Waals surface area (Å²) in [7, 11) is 5.16. The zero-order valence-corrected chi connectivity index (χ0v) is 35.0. The number of terminal acetylenes is 1. The number of aliphatic hydroxyl groups excluding tert-OH is 3. The van der Waals surface area contributed by atoms with Crippen LogP contribution in [0, 0.1) is 30.1 Å². The third-order valence-electron chi connectivity index (χ3n) is 12.5. The molecule has 0 radical (unpaired) electrons. The Kier molecular flexibility index (Phi) is 16.4. The van der Waals surface area contributed by atoms with Gasteiger partial charge in [0.25, 0.3) is 0 Å². The van der Waals surface area contributed by atoms with Crippen molar-refractivity contribution in [1.82, 2.24) is 9.80 Å². The van der Waals surface area contributed by atoms with E-state index in [0.29, 0.717) is 19.5 Å². The van der Waals surface area contributed by atoms with E-state index in [9.17, 15) is 30.3 Å². The molecule has 0 aromatic carbocycles. The van der Waals surface area contributed by atoms with Crippen LogP contribution >= 0.6 is 0 Å². The first-order chi connectivity index (χ1) is 24.9. The number of ether oxygens (including phenoxy) is 6. The van der Waals surface area contributed by atoms with E-state index in [1.54, 1.807) is 48.5 Å². The summed E-state index contributed by atoms with van der Waals surface area (Å²) >= 11 is 0. The molecule has 0 spiro atoms. The molecule has 3 rings (SSSR count). The van der Waals surface area contributed by atoms with Gasteiger partial charge < -0.3 is 58.9 Å². The van der Waals surface area contributed by atoms with Crippen LogP contribution in [0.4, 0.5) is 0 Å². The molecule has 0 bridgehead atoms. The number of carbonyl (C=O) groups is 1. The Morgan fingerprint density at radius 1 is 1.00 bits per heavy atom. The van der Waals surface area contributed by atoms with Gasteiger partial charge in [0.1, 0.15) is 30.0 Å². The zero-order chi connectivity index (χ0) is 41.1. The van der Waals surface area contributed by atoms with Gasteiger partial charge in [-0.3, -0.25) is 9.69 Å². The molecular weight excluding hydrogens is 700 g/mol. The molecule has 0 saturated carbocycles. The van der Waals surface area contributed by atoms with E-state index in [4.69, 9.17) is 34.8 Å². The molecule has 18 atom stereocenters. The van der Waals surface area contributed by atoms with Gasteiger partial charge in [-0.05, 0) is 87.7 Å². The highest BCUT2D eigenvalue weighted by Gasteiger charge is 2.52. The van der Waals surface area contributed by atoms with Crippen molar-refractivity contribution in [2.24, 2.45) is 17.8 Å². The Morgan fingerprint density at radius 3 is 2.20 bits per heavy atom. The lowest BCUT2D eigenvalue weighted by Gasteiger charge is -2.49.